The molecular formula is C14H13FO5. The minimum atomic E-state index is -0.691. The van der Waals surface area contributed by atoms with Crippen LogP contribution in [0.2, 0.25) is 0 Å². The molecule has 5 nitrogen and oxygen atoms in total. The predicted octanol–water partition coefficient (Wildman–Crippen LogP) is 1.71. The summed E-state index contributed by atoms with van der Waals surface area (Å²) in [4.78, 5) is 23.8. The van der Waals surface area contributed by atoms with Crippen LogP contribution < -0.4 is 4.74 Å². The molecule has 0 bridgehead atoms. The maximum absolute atomic E-state index is 13.3. The molecule has 1 aliphatic heterocycles. The molecule has 1 heterocycles. The molecule has 1 aromatic carbocycles. The van der Waals surface area contributed by atoms with E-state index in [-0.39, 0.29) is 29.9 Å². The fourth-order valence-corrected chi connectivity index (χ4v) is 2.04. The van der Waals surface area contributed by atoms with Gasteiger partial charge in [0.2, 0.25) is 0 Å². The van der Waals surface area contributed by atoms with Gasteiger partial charge < -0.3 is 14.2 Å². The second-order valence-corrected chi connectivity index (χ2v) is 4.08. The summed E-state index contributed by atoms with van der Waals surface area (Å²) in [6.07, 6.45) is 0.174. The molecule has 0 N–H and O–H groups in total. The van der Waals surface area contributed by atoms with Gasteiger partial charge in [-0.25, -0.2) is 14.0 Å². The van der Waals surface area contributed by atoms with E-state index in [2.05, 4.69) is 4.74 Å². The van der Waals surface area contributed by atoms with Crippen LogP contribution in [0.3, 0.4) is 0 Å². The summed E-state index contributed by atoms with van der Waals surface area (Å²) >= 11 is 0. The SMILES string of the molecule is COC(=O)C1=C(C(=O)OC)c2ccc(F)cc2OCC1. The average molecular weight is 280 g/mol. The molecular weight excluding hydrogens is 267 g/mol. The second kappa shape index (κ2) is 5.73. The first-order valence-corrected chi connectivity index (χ1v) is 5.91. The van der Waals surface area contributed by atoms with Crippen molar-refractivity contribution in [2.45, 2.75) is 6.42 Å². The van der Waals surface area contributed by atoms with Gasteiger partial charge in [-0.1, -0.05) is 0 Å². The predicted molar refractivity (Wildman–Crippen MR) is 67.5 cm³/mol. The van der Waals surface area contributed by atoms with Crippen LogP contribution in [0, 0.1) is 5.82 Å². The third-order valence-corrected chi connectivity index (χ3v) is 2.95. The number of halogens is 1. The molecule has 1 aromatic rings. The standard InChI is InChI=1S/C14H13FO5/c1-18-13(16)10-5-6-20-11-7-8(15)3-4-9(11)12(10)14(17)19-2/h3-4,7H,5-6H2,1-2H3. The Hall–Kier alpha value is -2.37. The van der Waals surface area contributed by atoms with E-state index in [1.54, 1.807) is 0 Å². The van der Waals surface area contributed by atoms with Crippen molar-refractivity contribution >= 4 is 17.5 Å². The van der Waals surface area contributed by atoms with Gasteiger partial charge in [0.1, 0.15) is 11.6 Å². The molecule has 0 aliphatic carbocycles. The van der Waals surface area contributed by atoms with Crippen molar-refractivity contribution in [1.82, 2.24) is 0 Å². The number of methoxy groups -OCH3 is 2. The number of hydrogen-bond acceptors (Lipinski definition) is 5. The maximum atomic E-state index is 13.3. The van der Waals surface area contributed by atoms with Gasteiger partial charge in [-0.05, 0) is 12.1 Å². The minimum absolute atomic E-state index is 0.0480. The van der Waals surface area contributed by atoms with E-state index >= 15 is 0 Å². The van der Waals surface area contributed by atoms with E-state index < -0.39 is 17.8 Å². The molecule has 0 radical (unpaired) electrons. The number of hydrogen-bond donors (Lipinski definition) is 0. The van der Waals surface area contributed by atoms with E-state index in [0.717, 1.165) is 0 Å². The summed E-state index contributed by atoms with van der Waals surface area (Å²) in [6, 6.07) is 3.73. The Morgan fingerprint density at radius 3 is 2.55 bits per heavy atom. The summed E-state index contributed by atoms with van der Waals surface area (Å²) in [6.45, 7) is 0.140. The summed E-state index contributed by atoms with van der Waals surface area (Å²) < 4.78 is 28.0. The zero-order chi connectivity index (χ0) is 14.7. The van der Waals surface area contributed by atoms with Crippen molar-refractivity contribution in [3.05, 3.63) is 35.2 Å². The fourth-order valence-electron chi connectivity index (χ4n) is 2.04. The molecule has 0 saturated carbocycles. The first-order valence-electron chi connectivity index (χ1n) is 5.91. The minimum Gasteiger partial charge on any atom is -0.492 e. The Morgan fingerprint density at radius 1 is 1.20 bits per heavy atom. The molecule has 0 amide bonds. The van der Waals surface area contributed by atoms with Crippen molar-refractivity contribution in [3.8, 4) is 5.75 Å². The quantitative estimate of drug-likeness (QED) is 0.772. The zero-order valence-corrected chi connectivity index (χ0v) is 11.1. The fraction of sp³-hybridized carbons (Fsp3) is 0.286. The Kier molecular flexibility index (Phi) is 4.02. The highest BCUT2D eigenvalue weighted by atomic mass is 19.1. The molecule has 0 saturated heterocycles. The Bertz CT molecular complexity index is 591. The summed E-state index contributed by atoms with van der Waals surface area (Å²) in [5, 5.41) is 0. The van der Waals surface area contributed by atoms with Crippen LogP contribution in [0.4, 0.5) is 4.39 Å². The highest BCUT2D eigenvalue weighted by Gasteiger charge is 2.28. The van der Waals surface area contributed by atoms with Crippen LogP contribution in [-0.2, 0) is 19.1 Å². The number of carbonyl (C=O) groups excluding carboxylic acids is 2. The van der Waals surface area contributed by atoms with Gasteiger partial charge in [0, 0.05) is 18.1 Å². The number of esters is 2. The van der Waals surface area contributed by atoms with Gasteiger partial charge >= 0.3 is 11.9 Å². The van der Waals surface area contributed by atoms with Gasteiger partial charge in [-0.3, -0.25) is 0 Å². The summed E-state index contributed by atoms with van der Waals surface area (Å²) in [7, 11) is 2.43. The highest BCUT2D eigenvalue weighted by Crippen LogP contribution is 2.34. The van der Waals surface area contributed by atoms with E-state index in [9.17, 15) is 14.0 Å². The molecule has 0 unspecified atom stereocenters. The summed E-state index contributed by atoms with van der Waals surface area (Å²) in [5.74, 6) is -1.62. The number of rotatable bonds is 2. The summed E-state index contributed by atoms with van der Waals surface area (Å²) in [5.41, 5.74) is 0.521. The van der Waals surface area contributed by atoms with Crippen LogP contribution in [0.25, 0.3) is 5.57 Å². The number of fused-ring (bicyclic) bond motifs is 1. The topological polar surface area (TPSA) is 61.8 Å². The van der Waals surface area contributed by atoms with E-state index in [1.807, 2.05) is 0 Å². The van der Waals surface area contributed by atoms with Crippen LogP contribution in [0.1, 0.15) is 12.0 Å². The number of ether oxygens (including phenoxy) is 3. The van der Waals surface area contributed by atoms with Crippen molar-refractivity contribution in [1.29, 1.82) is 0 Å². The van der Waals surface area contributed by atoms with Gasteiger partial charge in [-0.15, -0.1) is 0 Å². The molecule has 106 valence electrons. The lowest BCUT2D eigenvalue weighted by molar-refractivity contribution is -0.137. The molecule has 0 fully saturated rings. The van der Waals surface area contributed by atoms with Crippen molar-refractivity contribution in [2.75, 3.05) is 20.8 Å². The molecule has 0 atom stereocenters. The van der Waals surface area contributed by atoms with Crippen LogP contribution in [0.5, 0.6) is 5.75 Å². The average Bonchev–Trinajstić information content (AvgIpc) is 2.64. The lowest BCUT2D eigenvalue weighted by atomic mass is 9.98. The lowest BCUT2D eigenvalue weighted by Crippen LogP contribution is -2.14. The van der Waals surface area contributed by atoms with E-state index in [0.29, 0.717) is 5.56 Å². The third-order valence-electron chi connectivity index (χ3n) is 2.95. The Balaban J connectivity index is 2.67. The maximum Gasteiger partial charge on any atom is 0.339 e. The van der Waals surface area contributed by atoms with Gasteiger partial charge in [0.05, 0.1) is 32.0 Å². The van der Waals surface area contributed by atoms with Gasteiger partial charge in [0.15, 0.2) is 0 Å². The van der Waals surface area contributed by atoms with E-state index in [1.165, 1.54) is 32.4 Å². The smallest absolute Gasteiger partial charge is 0.339 e. The molecule has 1 aliphatic rings. The molecule has 2 rings (SSSR count). The number of benzene rings is 1. The monoisotopic (exact) mass is 280 g/mol. The molecule has 0 aromatic heterocycles. The third kappa shape index (κ3) is 2.49. The normalized spacial score (nSPS) is 13.9. The first kappa shape index (κ1) is 14.0. The van der Waals surface area contributed by atoms with E-state index in [4.69, 9.17) is 9.47 Å². The van der Waals surface area contributed by atoms with Crippen molar-refractivity contribution < 1.29 is 28.2 Å². The van der Waals surface area contributed by atoms with Gasteiger partial charge in [-0.2, -0.15) is 0 Å². The largest absolute Gasteiger partial charge is 0.492 e. The molecule has 0 spiro atoms. The second-order valence-electron chi connectivity index (χ2n) is 4.08. The van der Waals surface area contributed by atoms with Crippen LogP contribution in [-0.4, -0.2) is 32.8 Å². The van der Waals surface area contributed by atoms with Crippen molar-refractivity contribution in [2.24, 2.45) is 0 Å². The van der Waals surface area contributed by atoms with Crippen molar-refractivity contribution in [3.63, 3.8) is 0 Å². The zero-order valence-electron chi connectivity index (χ0n) is 11.1. The number of carbonyl (C=O) groups is 2. The highest BCUT2D eigenvalue weighted by molar-refractivity contribution is 6.23. The van der Waals surface area contributed by atoms with Crippen LogP contribution >= 0.6 is 0 Å². The van der Waals surface area contributed by atoms with Crippen LogP contribution in [0.15, 0.2) is 23.8 Å². The molecule has 6 heteroatoms. The Morgan fingerprint density at radius 2 is 1.90 bits per heavy atom. The lowest BCUT2D eigenvalue weighted by Gasteiger charge is -2.10. The first-order chi connectivity index (χ1) is 9.58. The Labute approximate surface area is 114 Å². The molecule has 20 heavy (non-hydrogen) atoms. The van der Waals surface area contributed by atoms with Gasteiger partial charge in [0.25, 0.3) is 0 Å².